The van der Waals surface area contributed by atoms with E-state index in [2.05, 4.69) is 22.2 Å². The minimum absolute atomic E-state index is 0.331. The van der Waals surface area contributed by atoms with E-state index in [1.54, 1.807) is 12.4 Å². The first-order valence-electron chi connectivity index (χ1n) is 5.28. The van der Waals surface area contributed by atoms with E-state index in [4.69, 9.17) is 0 Å². The highest BCUT2D eigenvalue weighted by Crippen LogP contribution is 2.28. The van der Waals surface area contributed by atoms with Gasteiger partial charge in [-0.05, 0) is 19.8 Å². The Hall–Kier alpha value is -0.960. The fraction of sp³-hybridized carbons (Fsp3) is 0.636. The largest absolute Gasteiger partial charge is 0.306 e. The van der Waals surface area contributed by atoms with E-state index in [0.29, 0.717) is 5.54 Å². The maximum Gasteiger partial charge on any atom is 0.0724 e. The Kier molecular flexibility index (Phi) is 2.77. The van der Waals surface area contributed by atoms with Gasteiger partial charge < -0.3 is 5.32 Å². The first kappa shape index (κ1) is 9.59. The zero-order valence-corrected chi connectivity index (χ0v) is 8.66. The predicted molar refractivity (Wildman–Crippen MR) is 55.7 cm³/mol. The van der Waals surface area contributed by atoms with Crippen LogP contribution in [0, 0.1) is 0 Å². The average molecular weight is 191 g/mol. The highest BCUT2D eigenvalue weighted by molar-refractivity contribution is 4.97. The van der Waals surface area contributed by atoms with Crippen LogP contribution in [0.5, 0.6) is 0 Å². The molecule has 1 aromatic rings. The molecule has 3 heteroatoms. The van der Waals surface area contributed by atoms with E-state index in [9.17, 15) is 0 Å². The standard InChI is InChI=1S/C11H17N3/c1-11(4-2-3-5-11)14-9-10-8-12-6-7-13-10/h6-8,14H,2-5,9H2,1H3. The monoisotopic (exact) mass is 191 g/mol. The van der Waals surface area contributed by atoms with Crippen LogP contribution in [0.3, 0.4) is 0 Å². The van der Waals surface area contributed by atoms with Crippen molar-refractivity contribution in [2.24, 2.45) is 0 Å². The third-order valence-electron chi connectivity index (χ3n) is 3.02. The number of hydrogen-bond acceptors (Lipinski definition) is 3. The van der Waals surface area contributed by atoms with Gasteiger partial charge in [-0.25, -0.2) is 0 Å². The van der Waals surface area contributed by atoms with Crippen LogP contribution in [0.15, 0.2) is 18.6 Å². The molecular formula is C11H17N3. The number of nitrogens with zero attached hydrogens (tertiary/aromatic N) is 2. The quantitative estimate of drug-likeness (QED) is 0.793. The van der Waals surface area contributed by atoms with Crippen LogP contribution >= 0.6 is 0 Å². The first-order chi connectivity index (χ1) is 6.79. The minimum Gasteiger partial charge on any atom is -0.306 e. The third-order valence-corrected chi connectivity index (χ3v) is 3.02. The Bertz CT molecular complexity index is 278. The SMILES string of the molecule is CC1(NCc2cnccn2)CCCC1. The van der Waals surface area contributed by atoms with Gasteiger partial charge in [0.1, 0.15) is 0 Å². The molecule has 1 aliphatic rings. The molecule has 0 radical (unpaired) electrons. The van der Waals surface area contributed by atoms with Crippen molar-refractivity contribution in [1.29, 1.82) is 0 Å². The summed E-state index contributed by atoms with van der Waals surface area (Å²) in [6.45, 7) is 3.14. The molecule has 76 valence electrons. The summed E-state index contributed by atoms with van der Waals surface area (Å²) in [5.74, 6) is 0. The van der Waals surface area contributed by atoms with E-state index < -0.39 is 0 Å². The van der Waals surface area contributed by atoms with Crippen LogP contribution < -0.4 is 5.32 Å². The maximum atomic E-state index is 4.25. The summed E-state index contributed by atoms with van der Waals surface area (Å²) < 4.78 is 0. The molecule has 1 heterocycles. The molecule has 0 bridgehead atoms. The minimum atomic E-state index is 0.331. The van der Waals surface area contributed by atoms with Crippen molar-refractivity contribution in [3.05, 3.63) is 24.3 Å². The number of hydrogen-bond donors (Lipinski definition) is 1. The number of rotatable bonds is 3. The summed E-state index contributed by atoms with van der Waals surface area (Å²) in [7, 11) is 0. The van der Waals surface area contributed by atoms with Gasteiger partial charge in [-0.15, -0.1) is 0 Å². The molecule has 2 rings (SSSR count). The normalized spacial score (nSPS) is 19.8. The van der Waals surface area contributed by atoms with E-state index in [1.807, 2.05) is 6.20 Å². The van der Waals surface area contributed by atoms with Gasteiger partial charge in [0, 0.05) is 30.7 Å². The zero-order valence-electron chi connectivity index (χ0n) is 8.66. The number of aromatic nitrogens is 2. The lowest BCUT2D eigenvalue weighted by atomic mass is 10.0. The van der Waals surface area contributed by atoms with Crippen molar-refractivity contribution < 1.29 is 0 Å². The molecule has 1 aromatic heterocycles. The van der Waals surface area contributed by atoms with Crippen LogP contribution in [-0.2, 0) is 6.54 Å². The molecule has 0 unspecified atom stereocenters. The first-order valence-corrected chi connectivity index (χ1v) is 5.28. The van der Waals surface area contributed by atoms with Gasteiger partial charge in [0.25, 0.3) is 0 Å². The van der Waals surface area contributed by atoms with Gasteiger partial charge in [0.15, 0.2) is 0 Å². The van der Waals surface area contributed by atoms with Crippen molar-refractivity contribution in [1.82, 2.24) is 15.3 Å². The molecule has 1 aliphatic carbocycles. The van der Waals surface area contributed by atoms with Crippen LogP contribution in [0.2, 0.25) is 0 Å². The summed E-state index contributed by atoms with van der Waals surface area (Å²) >= 11 is 0. The molecule has 0 amide bonds. The van der Waals surface area contributed by atoms with Gasteiger partial charge in [0.2, 0.25) is 0 Å². The van der Waals surface area contributed by atoms with E-state index in [1.165, 1.54) is 25.7 Å². The van der Waals surface area contributed by atoms with Crippen LogP contribution in [-0.4, -0.2) is 15.5 Å². The maximum absolute atomic E-state index is 4.25. The van der Waals surface area contributed by atoms with E-state index >= 15 is 0 Å². The summed E-state index contributed by atoms with van der Waals surface area (Å²) in [5, 5.41) is 3.57. The van der Waals surface area contributed by atoms with Gasteiger partial charge in [0.05, 0.1) is 5.69 Å². The molecule has 1 N–H and O–H groups in total. The van der Waals surface area contributed by atoms with Crippen LogP contribution in [0.1, 0.15) is 38.3 Å². The molecular weight excluding hydrogens is 174 g/mol. The second-order valence-corrected chi connectivity index (χ2v) is 4.32. The highest BCUT2D eigenvalue weighted by atomic mass is 15.0. The lowest BCUT2D eigenvalue weighted by Gasteiger charge is -2.24. The van der Waals surface area contributed by atoms with Crippen molar-refractivity contribution in [3.63, 3.8) is 0 Å². The van der Waals surface area contributed by atoms with Gasteiger partial charge >= 0.3 is 0 Å². The summed E-state index contributed by atoms with van der Waals surface area (Å²) in [6, 6.07) is 0. The molecule has 0 saturated heterocycles. The molecule has 0 spiro atoms. The molecule has 0 atom stereocenters. The lowest BCUT2D eigenvalue weighted by Crippen LogP contribution is -2.38. The molecule has 0 aliphatic heterocycles. The average Bonchev–Trinajstić information content (AvgIpc) is 2.65. The van der Waals surface area contributed by atoms with E-state index in [0.717, 1.165) is 12.2 Å². The summed E-state index contributed by atoms with van der Waals surface area (Å²) in [6.07, 6.45) is 10.6. The Labute approximate surface area is 85.0 Å². The van der Waals surface area contributed by atoms with Gasteiger partial charge in [-0.2, -0.15) is 0 Å². The Morgan fingerprint density at radius 1 is 1.36 bits per heavy atom. The van der Waals surface area contributed by atoms with E-state index in [-0.39, 0.29) is 0 Å². The molecule has 1 fully saturated rings. The highest BCUT2D eigenvalue weighted by Gasteiger charge is 2.27. The van der Waals surface area contributed by atoms with Crippen molar-refractivity contribution in [2.45, 2.75) is 44.7 Å². The topological polar surface area (TPSA) is 37.8 Å². The van der Waals surface area contributed by atoms with Crippen LogP contribution in [0.25, 0.3) is 0 Å². The van der Waals surface area contributed by atoms with Gasteiger partial charge in [-0.1, -0.05) is 12.8 Å². The van der Waals surface area contributed by atoms with Crippen LogP contribution in [0.4, 0.5) is 0 Å². The van der Waals surface area contributed by atoms with Gasteiger partial charge in [-0.3, -0.25) is 9.97 Å². The molecule has 1 saturated carbocycles. The molecule has 0 aromatic carbocycles. The Morgan fingerprint density at radius 3 is 2.79 bits per heavy atom. The second-order valence-electron chi connectivity index (χ2n) is 4.32. The Balaban J connectivity index is 1.88. The molecule has 3 nitrogen and oxygen atoms in total. The van der Waals surface area contributed by atoms with Crippen molar-refractivity contribution >= 4 is 0 Å². The fourth-order valence-electron chi connectivity index (χ4n) is 2.06. The third kappa shape index (κ3) is 2.29. The zero-order chi connectivity index (χ0) is 9.86. The Morgan fingerprint density at radius 2 is 2.14 bits per heavy atom. The van der Waals surface area contributed by atoms with Crippen molar-refractivity contribution in [3.8, 4) is 0 Å². The fourth-order valence-corrected chi connectivity index (χ4v) is 2.06. The lowest BCUT2D eigenvalue weighted by molar-refractivity contribution is 0.360. The smallest absolute Gasteiger partial charge is 0.0724 e. The number of nitrogens with one attached hydrogen (secondary N) is 1. The summed E-state index contributed by atoms with van der Waals surface area (Å²) in [5.41, 5.74) is 1.36. The van der Waals surface area contributed by atoms with Crippen molar-refractivity contribution in [2.75, 3.05) is 0 Å². The predicted octanol–water partition coefficient (Wildman–Crippen LogP) is 1.90. The molecule has 14 heavy (non-hydrogen) atoms. The summed E-state index contributed by atoms with van der Waals surface area (Å²) in [4.78, 5) is 8.30. The second kappa shape index (κ2) is 4.05.